The molecule has 5 aromatic rings. The lowest BCUT2D eigenvalue weighted by Crippen LogP contribution is -2.06. The van der Waals surface area contributed by atoms with E-state index < -0.39 is 5.97 Å². The summed E-state index contributed by atoms with van der Waals surface area (Å²) in [6, 6.07) is 27.2. The smallest absolute Gasteiger partial charge is 0.336 e. The Morgan fingerprint density at radius 2 is 1.46 bits per heavy atom. The Hall–Kier alpha value is -5.30. The number of methoxy groups -OCH3 is 2. The van der Waals surface area contributed by atoms with E-state index in [0.29, 0.717) is 22.6 Å². The Morgan fingerprint density at radius 1 is 0.744 bits per heavy atom. The molecule has 0 spiro atoms. The molecule has 0 aliphatic rings. The first-order valence-corrected chi connectivity index (χ1v) is 12.0. The summed E-state index contributed by atoms with van der Waals surface area (Å²) in [6.45, 7) is 0. The predicted molar refractivity (Wildman–Crippen MR) is 149 cm³/mol. The van der Waals surface area contributed by atoms with Crippen molar-refractivity contribution in [2.45, 2.75) is 0 Å². The summed E-state index contributed by atoms with van der Waals surface area (Å²) < 4.78 is 27.3. The molecule has 1 heterocycles. The summed E-state index contributed by atoms with van der Waals surface area (Å²) in [7, 11) is 3.09. The minimum Gasteiger partial charge on any atom is -0.493 e. The van der Waals surface area contributed by atoms with Crippen LogP contribution in [0.2, 0.25) is 0 Å². The standard InChI is InChI=1S/C32H24O7/c1-35-27-16-8-21(18-29(27)36-2)9-17-31(33)39-25-14-15-26-28(19-25)37-20-30(32(26)34)38-24-12-10-23(11-13-24)22-6-4-3-5-7-22/h3-20H,1-2H3. The van der Waals surface area contributed by atoms with E-state index >= 15 is 0 Å². The number of carbonyl (C=O) groups excluding carboxylic acids is 1. The highest BCUT2D eigenvalue weighted by Crippen LogP contribution is 2.29. The van der Waals surface area contributed by atoms with Crippen LogP contribution in [0.25, 0.3) is 28.2 Å². The molecular weight excluding hydrogens is 496 g/mol. The van der Waals surface area contributed by atoms with Crippen molar-refractivity contribution in [1.82, 2.24) is 0 Å². The van der Waals surface area contributed by atoms with E-state index in [-0.39, 0.29) is 22.5 Å². The number of esters is 1. The molecule has 0 aliphatic carbocycles. The molecule has 4 aromatic carbocycles. The molecule has 0 amide bonds. The minimum absolute atomic E-state index is 0.0533. The third kappa shape index (κ3) is 5.83. The number of hydrogen-bond acceptors (Lipinski definition) is 7. The first kappa shape index (κ1) is 25.4. The van der Waals surface area contributed by atoms with Crippen LogP contribution in [-0.4, -0.2) is 20.2 Å². The summed E-state index contributed by atoms with van der Waals surface area (Å²) in [5.74, 6) is 1.34. The van der Waals surface area contributed by atoms with Gasteiger partial charge in [0.25, 0.3) is 0 Å². The van der Waals surface area contributed by atoms with Crippen molar-refractivity contribution in [3.05, 3.63) is 119 Å². The van der Waals surface area contributed by atoms with E-state index in [2.05, 4.69) is 0 Å². The molecule has 0 bridgehead atoms. The van der Waals surface area contributed by atoms with Crippen LogP contribution in [-0.2, 0) is 4.79 Å². The van der Waals surface area contributed by atoms with Crippen LogP contribution >= 0.6 is 0 Å². The molecule has 0 atom stereocenters. The van der Waals surface area contributed by atoms with Crippen LogP contribution < -0.4 is 24.4 Å². The van der Waals surface area contributed by atoms with Gasteiger partial charge < -0.3 is 23.4 Å². The molecule has 0 N–H and O–H groups in total. The maximum absolute atomic E-state index is 13.0. The number of ether oxygens (including phenoxy) is 4. The lowest BCUT2D eigenvalue weighted by atomic mass is 10.1. The third-order valence-corrected chi connectivity index (χ3v) is 5.94. The van der Waals surface area contributed by atoms with Crippen LogP contribution in [0, 0.1) is 0 Å². The number of rotatable bonds is 8. The number of hydrogen-bond donors (Lipinski definition) is 0. The molecule has 0 radical (unpaired) electrons. The SMILES string of the molecule is COc1ccc(C=CC(=O)Oc2ccc3c(=O)c(Oc4ccc(-c5ccccc5)cc4)coc3c2)cc1OC. The maximum atomic E-state index is 13.0. The van der Waals surface area contributed by atoms with Gasteiger partial charge in [-0.15, -0.1) is 0 Å². The molecule has 0 saturated heterocycles. The Bertz CT molecular complexity index is 1700. The second-order valence-electron chi connectivity index (χ2n) is 8.45. The van der Waals surface area contributed by atoms with Crippen molar-refractivity contribution in [2.24, 2.45) is 0 Å². The van der Waals surface area contributed by atoms with E-state index in [9.17, 15) is 9.59 Å². The van der Waals surface area contributed by atoms with Gasteiger partial charge in [0.2, 0.25) is 11.2 Å². The molecule has 0 unspecified atom stereocenters. The first-order chi connectivity index (χ1) is 19.0. The maximum Gasteiger partial charge on any atom is 0.336 e. The van der Waals surface area contributed by atoms with Crippen molar-refractivity contribution in [2.75, 3.05) is 14.2 Å². The molecular formula is C32H24O7. The molecule has 0 fully saturated rings. The van der Waals surface area contributed by atoms with Crippen molar-refractivity contribution >= 4 is 23.0 Å². The highest BCUT2D eigenvalue weighted by molar-refractivity contribution is 5.89. The van der Waals surface area contributed by atoms with Crippen LogP contribution in [0.4, 0.5) is 0 Å². The minimum atomic E-state index is -0.592. The van der Waals surface area contributed by atoms with Crippen molar-refractivity contribution < 1.29 is 28.2 Å². The van der Waals surface area contributed by atoms with Crippen molar-refractivity contribution in [3.8, 4) is 39.9 Å². The topological polar surface area (TPSA) is 84.2 Å². The second-order valence-corrected chi connectivity index (χ2v) is 8.45. The molecule has 0 aliphatic heterocycles. The summed E-state index contributed by atoms with van der Waals surface area (Å²) in [5.41, 5.74) is 2.78. The highest BCUT2D eigenvalue weighted by Gasteiger charge is 2.12. The van der Waals surface area contributed by atoms with Gasteiger partial charge in [-0.05, 0) is 59.2 Å². The van der Waals surface area contributed by atoms with Gasteiger partial charge >= 0.3 is 5.97 Å². The fourth-order valence-corrected chi connectivity index (χ4v) is 3.97. The van der Waals surface area contributed by atoms with Crippen LogP contribution in [0.1, 0.15) is 5.56 Å². The average Bonchev–Trinajstić information content (AvgIpc) is 2.98. The molecule has 1 aromatic heterocycles. The first-order valence-electron chi connectivity index (χ1n) is 12.0. The van der Waals surface area contributed by atoms with Gasteiger partial charge in [-0.2, -0.15) is 0 Å². The fourth-order valence-electron chi connectivity index (χ4n) is 3.97. The monoisotopic (exact) mass is 520 g/mol. The Kier molecular flexibility index (Phi) is 7.41. The van der Waals surface area contributed by atoms with Gasteiger partial charge in [0.15, 0.2) is 11.5 Å². The van der Waals surface area contributed by atoms with Crippen LogP contribution in [0.3, 0.4) is 0 Å². The van der Waals surface area contributed by atoms with Gasteiger partial charge in [-0.25, -0.2) is 4.79 Å². The lowest BCUT2D eigenvalue weighted by Gasteiger charge is -2.08. The van der Waals surface area contributed by atoms with Gasteiger partial charge in [0.05, 0.1) is 19.6 Å². The second kappa shape index (κ2) is 11.4. The molecule has 0 saturated carbocycles. The van der Waals surface area contributed by atoms with Gasteiger partial charge in [-0.3, -0.25) is 4.79 Å². The largest absolute Gasteiger partial charge is 0.493 e. The molecule has 7 heteroatoms. The summed E-state index contributed by atoms with van der Waals surface area (Å²) in [6.07, 6.45) is 4.14. The lowest BCUT2D eigenvalue weighted by molar-refractivity contribution is -0.128. The molecule has 7 nitrogen and oxygen atoms in total. The zero-order chi connectivity index (χ0) is 27.2. The quantitative estimate of drug-likeness (QED) is 0.125. The van der Waals surface area contributed by atoms with Crippen molar-refractivity contribution in [1.29, 1.82) is 0 Å². The van der Waals surface area contributed by atoms with Gasteiger partial charge in [0.1, 0.15) is 23.3 Å². The van der Waals surface area contributed by atoms with E-state index in [1.54, 1.807) is 43.5 Å². The van der Waals surface area contributed by atoms with E-state index in [1.165, 1.54) is 37.6 Å². The number of carbonyl (C=O) groups is 1. The molecule has 39 heavy (non-hydrogen) atoms. The average molecular weight is 521 g/mol. The molecule has 5 rings (SSSR count). The van der Waals surface area contributed by atoms with Gasteiger partial charge in [-0.1, -0.05) is 48.5 Å². The Balaban J connectivity index is 1.28. The van der Waals surface area contributed by atoms with Crippen LogP contribution in [0.15, 0.2) is 113 Å². The normalized spacial score (nSPS) is 10.9. The van der Waals surface area contributed by atoms with E-state index in [1.807, 2.05) is 42.5 Å². The van der Waals surface area contributed by atoms with Crippen molar-refractivity contribution in [3.63, 3.8) is 0 Å². The summed E-state index contributed by atoms with van der Waals surface area (Å²) in [5, 5.41) is 0.300. The Labute approximate surface area is 224 Å². The number of benzene rings is 4. The van der Waals surface area contributed by atoms with Crippen LogP contribution in [0.5, 0.6) is 28.7 Å². The third-order valence-electron chi connectivity index (χ3n) is 5.94. The van der Waals surface area contributed by atoms with Gasteiger partial charge in [0, 0.05) is 12.1 Å². The Morgan fingerprint density at radius 3 is 2.21 bits per heavy atom. The summed E-state index contributed by atoms with van der Waals surface area (Å²) in [4.78, 5) is 25.3. The van der Waals surface area contributed by atoms with E-state index in [4.69, 9.17) is 23.4 Å². The number of fused-ring (bicyclic) bond motifs is 1. The predicted octanol–water partition coefficient (Wildman–Crippen LogP) is 6.89. The fraction of sp³-hybridized carbons (Fsp3) is 0.0625. The zero-order valence-corrected chi connectivity index (χ0v) is 21.3. The summed E-state index contributed by atoms with van der Waals surface area (Å²) >= 11 is 0. The van der Waals surface area contributed by atoms with E-state index in [0.717, 1.165) is 16.7 Å². The highest BCUT2D eigenvalue weighted by atomic mass is 16.5. The zero-order valence-electron chi connectivity index (χ0n) is 21.3. The molecule has 194 valence electrons.